The first-order chi connectivity index (χ1) is 13.5. The molecule has 5 nitrogen and oxygen atoms in total. The molecule has 146 valence electrons. The number of nitrogens with one attached hydrogen (secondary N) is 2. The number of amides is 3. The predicted octanol–water partition coefficient (Wildman–Crippen LogP) is 3.57. The van der Waals surface area contributed by atoms with Crippen LogP contribution in [0, 0.1) is 5.82 Å². The molecule has 0 radical (unpaired) electrons. The van der Waals surface area contributed by atoms with Crippen LogP contribution in [0.3, 0.4) is 0 Å². The molecule has 0 aliphatic rings. The summed E-state index contributed by atoms with van der Waals surface area (Å²) in [4.78, 5) is 26.1. The highest BCUT2D eigenvalue weighted by atomic mass is 19.1. The molecule has 0 spiro atoms. The number of carbonyl (C=O) groups excluding carboxylic acids is 2. The number of benzene rings is 2. The Balaban J connectivity index is 2.23. The molecule has 2 rings (SSSR count). The van der Waals surface area contributed by atoms with Crippen LogP contribution in [0.1, 0.15) is 11.1 Å². The number of hydrogen-bond acceptors (Lipinski definition) is 2. The Hall–Kier alpha value is -3.41. The zero-order valence-electron chi connectivity index (χ0n) is 15.7. The molecule has 2 aromatic rings. The standard InChI is InChI=1S/C22H24FN3O2/c1-3-12-24-21(27)15-18-6-5-7-20(14-18)26(22(28)25-13-4-2)16-17-8-10-19(23)11-9-17/h3-11,14H,1-2,12-13,15-16H2,(H,24,27)(H,25,28). The molecule has 3 amide bonds. The van der Waals surface area contributed by atoms with Crippen molar-refractivity contribution in [1.29, 1.82) is 0 Å². The molecule has 0 aromatic heterocycles. The molecule has 2 aromatic carbocycles. The van der Waals surface area contributed by atoms with Crippen molar-refractivity contribution < 1.29 is 14.0 Å². The van der Waals surface area contributed by atoms with Crippen molar-refractivity contribution in [2.24, 2.45) is 0 Å². The predicted molar refractivity (Wildman–Crippen MR) is 110 cm³/mol. The summed E-state index contributed by atoms with van der Waals surface area (Å²) in [7, 11) is 0. The minimum absolute atomic E-state index is 0.127. The summed E-state index contributed by atoms with van der Waals surface area (Å²) >= 11 is 0. The molecule has 0 saturated heterocycles. The normalized spacial score (nSPS) is 10.0. The van der Waals surface area contributed by atoms with E-state index in [1.807, 2.05) is 6.07 Å². The maximum absolute atomic E-state index is 13.2. The Morgan fingerprint density at radius 1 is 0.964 bits per heavy atom. The average Bonchev–Trinajstić information content (AvgIpc) is 2.70. The molecule has 28 heavy (non-hydrogen) atoms. The largest absolute Gasteiger partial charge is 0.352 e. The quantitative estimate of drug-likeness (QED) is 0.653. The van der Waals surface area contributed by atoms with Gasteiger partial charge in [0, 0.05) is 18.8 Å². The van der Waals surface area contributed by atoms with Crippen molar-refractivity contribution in [2.45, 2.75) is 13.0 Å². The monoisotopic (exact) mass is 381 g/mol. The number of halogens is 1. The fourth-order valence-corrected chi connectivity index (χ4v) is 2.58. The number of nitrogens with zero attached hydrogens (tertiary/aromatic N) is 1. The van der Waals surface area contributed by atoms with Gasteiger partial charge in [-0.1, -0.05) is 36.4 Å². The number of carbonyl (C=O) groups is 2. The Morgan fingerprint density at radius 2 is 1.64 bits per heavy atom. The van der Waals surface area contributed by atoms with Crippen molar-refractivity contribution in [1.82, 2.24) is 10.6 Å². The van der Waals surface area contributed by atoms with Crippen molar-refractivity contribution in [3.8, 4) is 0 Å². The summed E-state index contributed by atoms with van der Waals surface area (Å²) < 4.78 is 13.2. The Kier molecular flexibility index (Phi) is 7.96. The van der Waals surface area contributed by atoms with E-state index in [0.717, 1.165) is 11.1 Å². The summed E-state index contributed by atoms with van der Waals surface area (Å²) in [5.41, 5.74) is 2.20. The van der Waals surface area contributed by atoms with E-state index in [1.165, 1.54) is 12.1 Å². The molecule has 0 fully saturated rings. The van der Waals surface area contributed by atoms with Gasteiger partial charge in [0.15, 0.2) is 0 Å². The highest BCUT2D eigenvalue weighted by molar-refractivity contribution is 5.92. The fraction of sp³-hybridized carbons (Fsp3) is 0.182. The third-order valence-electron chi connectivity index (χ3n) is 3.93. The van der Waals surface area contributed by atoms with E-state index in [0.29, 0.717) is 18.8 Å². The lowest BCUT2D eigenvalue weighted by Gasteiger charge is -2.24. The van der Waals surface area contributed by atoms with Gasteiger partial charge in [-0.3, -0.25) is 9.69 Å². The van der Waals surface area contributed by atoms with Crippen LogP contribution >= 0.6 is 0 Å². The lowest BCUT2D eigenvalue weighted by Crippen LogP contribution is -2.39. The van der Waals surface area contributed by atoms with E-state index < -0.39 is 0 Å². The molecule has 0 atom stereocenters. The van der Waals surface area contributed by atoms with Gasteiger partial charge >= 0.3 is 6.03 Å². The zero-order chi connectivity index (χ0) is 20.4. The highest BCUT2D eigenvalue weighted by Crippen LogP contribution is 2.20. The maximum atomic E-state index is 13.2. The first-order valence-electron chi connectivity index (χ1n) is 8.90. The number of urea groups is 1. The van der Waals surface area contributed by atoms with Gasteiger partial charge in [0.1, 0.15) is 5.82 Å². The van der Waals surface area contributed by atoms with Gasteiger partial charge in [-0.2, -0.15) is 0 Å². The third-order valence-corrected chi connectivity index (χ3v) is 3.93. The summed E-state index contributed by atoms with van der Waals surface area (Å²) in [6, 6.07) is 12.9. The smallest absolute Gasteiger partial charge is 0.322 e. The minimum atomic E-state index is -0.334. The van der Waals surface area contributed by atoms with Crippen molar-refractivity contribution >= 4 is 17.6 Å². The van der Waals surface area contributed by atoms with Crippen molar-refractivity contribution in [2.75, 3.05) is 18.0 Å². The SMILES string of the molecule is C=CCNC(=O)Cc1cccc(N(Cc2ccc(F)cc2)C(=O)NCC=C)c1. The Labute approximate surface area is 164 Å². The van der Waals surface area contributed by atoms with E-state index in [9.17, 15) is 14.0 Å². The van der Waals surface area contributed by atoms with Crippen LogP contribution in [-0.4, -0.2) is 25.0 Å². The molecule has 0 aliphatic carbocycles. The Morgan fingerprint density at radius 3 is 2.32 bits per heavy atom. The second kappa shape index (κ2) is 10.7. The second-order valence-corrected chi connectivity index (χ2v) is 6.13. The maximum Gasteiger partial charge on any atom is 0.322 e. The van der Waals surface area contributed by atoms with Gasteiger partial charge < -0.3 is 10.6 Å². The highest BCUT2D eigenvalue weighted by Gasteiger charge is 2.16. The van der Waals surface area contributed by atoms with Gasteiger partial charge in [-0.05, 0) is 35.4 Å². The molecule has 0 aliphatic heterocycles. The number of hydrogen-bond donors (Lipinski definition) is 2. The van der Waals surface area contributed by atoms with E-state index in [4.69, 9.17) is 0 Å². The zero-order valence-corrected chi connectivity index (χ0v) is 15.7. The van der Waals surface area contributed by atoms with Crippen molar-refractivity contribution in [3.05, 3.63) is 90.8 Å². The van der Waals surface area contributed by atoms with Crippen LogP contribution in [0.25, 0.3) is 0 Å². The van der Waals surface area contributed by atoms with Gasteiger partial charge in [-0.15, -0.1) is 13.2 Å². The minimum Gasteiger partial charge on any atom is -0.352 e. The Bertz CT molecular complexity index is 834. The van der Waals surface area contributed by atoms with Gasteiger partial charge in [0.2, 0.25) is 5.91 Å². The number of rotatable bonds is 9. The third kappa shape index (κ3) is 6.39. The average molecular weight is 381 g/mol. The van der Waals surface area contributed by atoms with Gasteiger partial charge in [0.25, 0.3) is 0 Å². The summed E-state index contributed by atoms with van der Waals surface area (Å²) in [5.74, 6) is -0.461. The van der Waals surface area contributed by atoms with Crippen LogP contribution in [-0.2, 0) is 17.8 Å². The first kappa shape index (κ1) is 20.9. The van der Waals surface area contributed by atoms with E-state index in [-0.39, 0.29) is 30.7 Å². The summed E-state index contributed by atoms with van der Waals surface area (Å²) in [6.07, 6.45) is 3.40. The lowest BCUT2D eigenvalue weighted by atomic mass is 10.1. The summed E-state index contributed by atoms with van der Waals surface area (Å²) in [5, 5.41) is 5.48. The molecular weight excluding hydrogens is 357 g/mol. The van der Waals surface area contributed by atoms with E-state index >= 15 is 0 Å². The lowest BCUT2D eigenvalue weighted by molar-refractivity contribution is -0.120. The van der Waals surface area contributed by atoms with Crippen LogP contribution < -0.4 is 15.5 Å². The number of anilines is 1. The van der Waals surface area contributed by atoms with Crippen molar-refractivity contribution in [3.63, 3.8) is 0 Å². The molecule has 2 N–H and O–H groups in total. The van der Waals surface area contributed by atoms with Crippen LogP contribution in [0.4, 0.5) is 14.9 Å². The van der Waals surface area contributed by atoms with Gasteiger partial charge in [-0.25, -0.2) is 9.18 Å². The molecular formula is C22H24FN3O2. The summed E-state index contributed by atoms with van der Waals surface area (Å²) in [6.45, 7) is 8.16. The fourth-order valence-electron chi connectivity index (χ4n) is 2.58. The van der Waals surface area contributed by atoms with Crippen LogP contribution in [0.2, 0.25) is 0 Å². The first-order valence-corrected chi connectivity index (χ1v) is 8.90. The molecule has 0 heterocycles. The van der Waals surface area contributed by atoms with Crippen LogP contribution in [0.5, 0.6) is 0 Å². The van der Waals surface area contributed by atoms with Crippen LogP contribution in [0.15, 0.2) is 73.8 Å². The molecule has 0 bridgehead atoms. The molecule has 6 heteroatoms. The van der Waals surface area contributed by atoms with E-state index in [1.54, 1.807) is 47.4 Å². The van der Waals surface area contributed by atoms with Gasteiger partial charge in [0.05, 0.1) is 13.0 Å². The van der Waals surface area contributed by atoms with E-state index in [2.05, 4.69) is 23.8 Å². The topological polar surface area (TPSA) is 61.4 Å². The molecule has 0 unspecified atom stereocenters. The molecule has 0 saturated carbocycles. The second-order valence-electron chi connectivity index (χ2n) is 6.13.